The fraction of sp³-hybridized carbons (Fsp3) is 0.577. The summed E-state index contributed by atoms with van der Waals surface area (Å²) in [6.07, 6.45) is 4.96. The van der Waals surface area contributed by atoms with Crippen molar-refractivity contribution in [1.82, 2.24) is 15.3 Å². The van der Waals surface area contributed by atoms with E-state index in [-0.39, 0.29) is 0 Å². The summed E-state index contributed by atoms with van der Waals surface area (Å²) in [5, 5.41) is 7.09. The van der Waals surface area contributed by atoms with Crippen LogP contribution in [0.3, 0.4) is 0 Å². The van der Waals surface area contributed by atoms with Crippen LogP contribution in [0.5, 0.6) is 0 Å². The Bertz CT molecular complexity index is 982. The minimum absolute atomic E-state index is 0.533. The van der Waals surface area contributed by atoms with Gasteiger partial charge in [0.1, 0.15) is 11.6 Å². The molecule has 35 heavy (non-hydrogen) atoms. The Morgan fingerprint density at radius 3 is 2.20 bits per heavy atom. The molecule has 3 aliphatic heterocycles. The maximum atomic E-state index is 5.61. The molecule has 0 bridgehead atoms. The zero-order valence-electron chi connectivity index (χ0n) is 20.7. The first-order valence-corrected chi connectivity index (χ1v) is 13.4. The fourth-order valence-corrected chi connectivity index (χ4v) is 5.12. The Morgan fingerprint density at radius 2 is 1.54 bits per heavy atom. The first-order chi connectivity index (χ1) is 17.1. The summed E-state index contributed by atoms with van der Waals surface area (Å²) in [5.74, 6) is 3.21. The normalized spacial score (nSPS) is 19.2. The summed E-state index contributed by atoms with van der Waals surface area (Å²) in [6.45, 7) is 10.5. The molecular weight excluding hydrogens is 458 g/mol. The van der Waals surface area contributed by atoms with E-state index in [0.29, 0.717) is 17.6 Å². The van der Waals surface area contributed by atoms with Crippen molar-refractivity contribution in [2.24, 2.45) is 5.92 Å². The molecule has 0 radical (unpaired) electrons. The van der Waals surface area contributed by atoms with Crippen LogP contribution in [0.2, 0.25) is 0 Å². The number of anilines is 4. The Labute approximate surface area is 214 Å². The van der Waals surface area contributed by atoms with Crippen molar-refractivity contribution in [1.29, 1.82) is 0 Å². The van der Waals surface area contributed by atoms with Crippen LogP contribution in [-0.2, 0) is 11.3 Å². The quantitative estimate of drug-likeness (QED) is 0.585. The van der Waals surface area contributed by atoms with Gasteiger partial charge < -0.3 is 30.1 Å². The molecule has 1 aromatic carbocycles. The third-order valence-electron chi connectivity index (χ3n) is 7.23. The van der Waals surface area contributed by atoms with Gasteiger partial charge in [-0.15, -0.1) is 0 Å². The van der Waals surface area contributed by atoms with Crippen molar-refractivity contribution in [3.63, 3.8) is 0 Å². The first-order valence-electron chi connectivity index (χ1n) is 13.0. The number of benzene rings is 1. The zero-order chi connectivity index (χ0) is 24.0. The predicted octanol–water partition coefficient (Wildman–Crippen LogP) is 3.64. The smallest absolute Gasteiger partial charge is 0.232 e. The van der Waals surface area contributed by atoms with E-state index >= 15 is 0 Å². The minimum Gasteiger partial charge on any atom is -0.378 e. The molecule has 0 atom stereocenters. The maximum absolute atomic E-state index is 5.61. The predicted molar refractivity (Wildman–Crippen MR) is 147 cm³/mol. The number of hydrogen-bond donors (Lipinski definition) is 2. The average Bonchev–Trinajstić information content (AvgIpc) is 3.44. The summed E-state index contributed by atoms with van der Waals surface area (Å²) in [5.41, 5.74) is 2.50. The van der Waals surface area contributed by atoms with E-state index in [4.69, 9.17) is 26.9 Å². The monoisotopic (exact) mass is 495 g/mol. The van der Waals surface area contributed by atoms with Gasteiger partial charge in [-0.3, -0.25) is 0 Å². The second kappa shape index (κ2) is 11.4. The van der Waals surface area contributed by atoms with Gasteiger partial charge in [0, 0.05) is 57.6 Å². The summed E-state index contributed by atoms with van der Waals surface area (Å²) >= 11 is 5.61. The molecule has 8 nitrogen and oxygen atoms in total. The summed E-state index contributed by atoms with van der Waals surface area (Å²) < 4.78 is 5.54. The van der Waals surface area contributed by atoms with Gasteiger partial charge in [0.15, 0.2) is 5.11 Å². The number of rotatable bonds is 6. The maximum Gasteiger partial charge on any atom is 0.232 e. The van der Waals surface area contributed by atoms with Crippen LogP contribution in [0.15, 0.2) is 30.3 Å². The second-order valence-corrected chi connectivity index (χ2v) is 10.3. The number of aromatic nitrogens is 2. The minimum atomic E-state index is 0.533. The van der Waals surface area contributed by atoms with Crippen LogP contribution >= 0.6 is 12.2 Å². The highest BCUT2D eigenvalue weighted by Gasteiger charge is 2.21. The number of ether oxygens (including phenoxy) is 1. The van der Waals surface area contributed by atoms with E-state index in [0.717, 1.165) is 70.0 Å². The van der Waals surface area contributed by atoms with Crippen molar-refractivity contribution in [3.05, 3.63) is 35.9 Å². The third kappa shape index (κ3) is 6.32. The van der Waals surface area contributed by atoms with Crippen LogP contribution in [-0.4, -0.2) is 67.6 Å². The number of nitrogens with one attached hydrogen (secondary N) is 2. The fourth-order valence-electron chi connectivity index (χ4n) is 4.96. The Balaban J connectivity index is 1.23. The van der Waals surface area contributed by atoms with Gasteiger partial charge in [-0.1, -0.05) is 19.1 Å². The molecule has 3 fully saturated rings. The van der Waals surface area contributed by atoms with Crippen LogP contribution in [0.1, 0.15) is 38.2 Å². The second-order valence-electron chi connectivity index (χ2n) is 9.85. The molecule has 3 aliphatic rings. The summed E-state index contributed by atoms with van der Waals surface area (Å²) in [7, 11) is 0. The van der Waals surface area contributed by atoms with E-state index in [1.165, 1.54) is 36.9 Å². The molecule has 4 heterocycles. The molecule has 0 saturated carbocycles. The van der Waals surface area contributed by atoms with Crippen molar-refractivity contribution in [2.45, 2.75) is 39.2 Å². The molecule has 0 aliphatic carbocycles. The lowest BCUT2D eigenvalue weighted by Gasteiger charge is -2.33. The molecule has 5 rings (SSSR count). The molecule has 188 valence electrons. The van der Waals surface area contributed by atoms with Gasteiger partial charge in [0.2, 0.25) is 5.95 Å². The van der Waals surface area contributed by atoms with Crippen LogP contribution in [0.25, 0.3) is 0 Å². The van der Waals surface area contributed by atoms with E-state index in [1.807, 2.05) is 0 Å². The van der Waals surface area contributed by atoms with Crippen molar-refractivity contribution in [2.75, 3.05) is 72.5 Å². The van der Waals surface area contributed by atoms with E-state index in [2.05, 4.69) is 62.6 Å². The highest BCUT2D eigenvalue weighted by atomic mass is 32.1. The number of piperidine rings is 1. The molecule has 0 unspecified atom stereocenters. The molecule has 9 heteroatoms. The van der Waals surface area contributed by atoms with E-state index in [1.54, 1.807) is 0 Å². The van der Waals surface area contributed by atoms with Gasteiger partial charge in [-0.25, -0.2) is 0 Å². The number of thiocarbonyl (C=S) groups is 1. The average molecular weight is 496 g/mol. The Morgan fingerprint density at radius 1 is 0.914 bits per heavy atom. The van der Waals surface area contributed by atoms with Gasteiger partial charge >= 0.3 is 0 Å². The first kappa shape index (κ1) is 24.1. The zero-order valence-corrected chi connectivity index (χ0v) is 21.5. The Kier molecular flexibility index (Phi) is 7.83. The molecular formula is C26H37N7OS. The highest BCUT2D eigenvalue weighted by Crippen LogP contribution is 2.26. The van der Waals surface area contributed by atoms with Crippen molar-refractivity contribution < 1.29 is 4.74 Å². The standard InChI is InChI=1S/C26H37N7OS/c1-20-8-12-32(13-9-20)23-18-24(33-14-16-34-17-15-33)29-25(28-23)30-26(35)27-19-21-4-6-22(7-5-21)31-10-2-3-11-31/h4-7,18,20H,2-3,8-17,19H2,1H3,(H2,27,28,29,30,35). The van der Waals surface area contributed by atoms with Gasteiger partial charge in [-0.2, -0.15) is 9.97 Å². The van der Waals surface area contributed by atoms with Crippen LogP contribution < -0.4 is 25.3 Å². The number of morpholine rings is 1. The number of hydrogen-bond acceptors (Lipinski definition) is 7. The largest absolute Gasteiger partial charge is 0.378 e. The van der Waals surface area contributed by atoms with E-state index in [9.17, 15) is 0 Å². The van der Waals surface area contributed by atoms with Crippen molar-refractivity contribution >= 4 is 40.6 Å². The molecule has 2 aromatic rings. The van der Waals surface area contributed by atoms with Gasteiger partial charge in [-0.05, 0) is 61.5 Å². The molecule has 2 N–H and O–H groups in total. The summed E-state index contributed by atoms with van der Waals surface area (Å²) in [6, 6.07) is 10.9. The molecule has 3 saturated heterocycles. The van der Waals surface area contributed by atoms with Crippen LogP contribution in [0.4, 0.5) is 23.3 Å². The molecule has 0 spiro atoms. The van der Waals surface area contributed by atoms with Gasteiger partial charge in [0.05, 0.1) is 13.2 Å². The highest BCUT2D eigenvalue weighted by molar-refractivity contribution is 7.80. The van der Waals surface area contributed by atoms with E-state index < -0.39 is 0 Å². The lowest BCUT2D eigenvalue weighted by atomic mass is 9.99. The third-order valence-corrected chi connectivity index (χ3v) is 7.47. The lowest BCUT2D eigenvalue weighted by molar-refractivity contribution is 0.122. The SMILES string of the molecule is CC1CCN(c2cc(N3CCOCC3)nc(NC(=S)NCc3ccc(N4CCCC4)cc3)n2)CC1. The Hall–Kier alpha value is -2.65. The lowest BCUT2D eigenvalue weighted by Crippen LogP contribution is -2.38. The molecule has 0 amide bonds. The summed E-state index contributed by atoms with van der Waals surface area (Å²) in [4.78, 5) is 16.7. The van der Waals surface area contributed by atoms with Crippen molar-refractivity contribution in [3.8, 4) is 0 Å². The number of nitrogens with zero attached hydrogens (tertiary/aromatic N) is 5. The van der Waals surface area contributed by atoms with Gasteiger partial charge in [0.25, 0.3) is 0 Å². The molecule has 1 aromatic heterocycles. The topological polar surface area (TPSA) is 68.8 Å². The van der Waals surface area contributed by atoms with Crippen LogP contribution in [0, 0.1) is 5.92 Å².